The normalized spacial score (nSPS) is 17.9. The van der Waals surface area contributed by atoms with Crippen molar-refractivity contribution in [2.45, 2.75) is 6.17 Å². The molecule has 1 aliphatic heterocycles. The number of fused-ring (bicyclic) bond motifs is 1. The lowest BCUT2D eigenvalue weighted by atomic mass is 10.2. The fourth-order valence-electron chi connectivity index (χ4n) is 2.01. The largest absolute Gasteiger partial charge is 0.267 e. The molecule has 0 aliphatic carbocycles. The zero-order valence-corrected chi connectivity index (χ0v) is 11.8. The second kappa shape index (κ2) is 4.78. The van der Waals surface area contributed by atoms with Crippen molar-refractivity contribution < 1.29 is 0 Å². The zero-order valence-electron chi connectivity index (χ0n) is 9.50. The minimum atomic E-state index is -0.0825. The van der Waals surface area contributed by atoms with E-state index in [2.05, 4.69) is 27.1 Å². The Kier molecular flexibility index (Phi) is 3.14. The van der Waals surface area contributed by atoms with Gasteiger partial charge in [0.15, 0.2) is 6.17 Å². The third-order valence-corrected chi connectivity index (χ3v) is 3.85. The van der Waals surface area contributed by atoms with Crippen molar-refractivity contribution in [2.75, 3.05) is 10.9 Å². The first-order valence-corrected chi connectivity index (χ1v) is 6.94. The highest BCUT2D eigenvalue weighted by atomic mass is 79.9. The summed E-state index contributed by atoms with van der Waals surface area (Å²) in [7, 11) is 0. The van der Waals surface area contributed by atoms with Gasteiger partial charge in [0.25, 0.3) is 0 Å². The summed E-state index contributed by atoms with van der Waals surface area (Å²) in [5.41, 5.74) is 0. The number of benzene rings is 1. The van der Waals surface area contributed by atoms with Crippen molar-refractivity contribution in [3.05, 3.63) is 57.8 Å². The fraction of sp³-hybridized carbons (Fsp3) is 0.154. The lowest BCUT2D eigenvalue weighted by Crippen LogP contribution is -2.47. The summed E-state index contributed by atoms with van der Waals surface area (Å²) >= 11 is 9.57. The van der Waals surface area contributed by atoms with Crippen LogP contribution >= 0.6 is 27.5 Å². The van der Waals surface area contributed by atoms with Gasteiger partial charge in [0.2, 0.25) is 0 Å². The molecule has 5 heteroatoms. The van der Waals surface area contributed by atoms with Gasteiger partial charge in [-0.15, -0.1) is 11.6 Å². The molecule has 1 aliphatic rings. The van der Waals surface area contributed by atoms with Crippen molar-refractivity contribution in [2.24, 2.45) is 4.99 Å². The van der Waals surface area contributed by atoms with Crippen molar-refractivity contribution in [3.63, 3.8) is 0 Å². The van der Waals surface area contributed by atoms with Gasteiger partial charge < -0.3 is 0 Å². The van der Waals surface area contributed by atoms with Gasteiger partial charge in [-0.2, -0.15) is 0 Å². The molecule has 0 bridgehead atoms. The SMILES string of the molecule is ClCC1N=c2cccc(Br)c2=CN1n1cccc1. The number of hydrogen-bond donors (Lipinski definition) is 0. The topological polar surface area (TPSA) is 20.5 Å². The molecule has 0 radical (unpaired) electrons. The molecule has 1 aromatic carbocycles. The van der Waals surface area contributed by atoms with Crippen LogP contribution in [0.15, 0.2) is 52.2 Å². The maximum absolute atomic E-state index is 6.02. The van der Waals surface area contributed by atoms with E-state index < -0.39 is 0 Å². The summed E-state index contributed by atoms with van der Waals surface area (Å²) in [6, 6.07) is 9.96. The average Bonchev–Trinajstić information content (AvgIpc) is 2.91. The number of aromatic nitrogens is 1. The Bertz CT molecular complexity index is 666. The van der Waals surface area contributed by atoms with Gasteiger partial charge in [0.1, 0.15) is 0 Å². The minimum absolute atomic E-state index is 0.0825. The number of nitrogens with zero attached hydrogens (tertiary/aromatic N) is 3. The summed E-state index contributed by atoms with van der Waals surface area (Å²) < 4.78 is 3.02. The van der Waals surface area contributed by atoms with Gasteiger partial charge in [-0.3, -0.25) is 14.7 Å². The first kappa shape index (κ1) is 11.8. The van der Waals surface area contributed by atoms with E-state index in [4.69, 9.17) is 11.6 Å². The van der Waals surface area contributed by atoms with Crippen LogP contribution in [-0.4, -0.2) is 16.7 Å². The van der Waals surface area contributed by atoms with Gasteiger partial charge in [-0.1, -0.05) is 22.0 Å². The molecular weight excluding hydrogens is 314 g/mol. The predicted molar refractivity (Wildman–Crippen MR) is 76.5 cm³/mol. The maximum atomic E-state index is 6.02. The summed E-state index contributed by atoms with van der Waals surface area (Å²) in [4.78, 5) is 4.67. The van der Waals surface area contributed by atoms with Crippen LogP contribution in [-0.2, 0) is 0 Å². The molecule has 3 nitrogen and oxygen atoms in total. The van der Waals surface area contributed by atoms with Crippen LogP contribution in [0.25, 0.3) is 6.20 Å². The molecule has 1 aromatic heterocycles. The van der Waals surface area contributed by atoms with Crippen LogP contribution in [0.4, 0.5) is 0 Å². The number of halogens is 2. The third-order valence-electron chi connectivity index (χ3n) is 2.88. The van der Waals surface area contributed by atoms with Crippen LogP contribution in [0.2, 0.25) is 0 Å². The third kappa shape index (κ3) is 1.95. The summed E-state index contributed by atoms with van der Waals surface area (Å²) in [6.45, 7) is 0. The highest BCUT2D eigenvalue weighted by Crippen LogP contribution is 2.09. The van der Waals surface area contributed by atoms with Gasteiger partial charge in [-0.05, 0) is 24.3 Å². The predicted octanol–water partition coefficient (Wildman–Crippen LogP) is 1.82. The zero-order chi connectivity index (χ0) is 12.5. The fourth-order valence-corrected chi connectivity index (χ4v) is 2.68. The standard InChI is InChI=1S/C13H11BrClN3/c14-11-4-3-5-12-10(11)9-18(13(8-15)16-12)17-6-1-2-7-17/h1-7,9,13H,8H2. The van der Waals surface area contributed by atoms with E-state index in [9.17, 15) is 0 Å². The number of rotatable bonds is 2. The van der Waals surface area contributed by atoms with Crippen molar-refractivity contribution in [1.29, 1.82) is 0 Å². The summed E-state index contributed by atoms with van der Waals surface area (Å²) in [5.74, 6) is 0.445. The van der Waals surface area contributed by atoms with E-state index in [-0.39, 0.29) is 6.17 Å². The van der Waals surface area contributed by atoms with Gasteiger partial charge in [-0.25, -0.2) is 0 Å². The van der Waals surface area contributed by atoms with Gasteiger partial charge in [0, 0.05) is 28.3 Å². The lowest BCUT2D eigenvalue weighted by Gasteiger charge is -2.29. The molecule has 92 valence electrons. The van der Waals surface area contributed by atoms with Crippen molar-refractivity contribution in [3.8, 4) is 0 Å². The maximum Gasteiger partial charge on any atom is 0.154 e. The van der Waals surface area contributed by atoms with Crippen LogP contribution in [0.5, 0.6) is 0 Å². The minimum Gasteiger partial charge on any atom is -0.267 e. The second-order valence-corrected chi connectivity index (χ2v) is 5.17. The van der Waals surface area contributed by atoms with Gasteiger partial charge in [0.05, 0.1) is 11.2 Å². The molecule has 2 heterocycles. The number of hydrogen-bond acceptors (Lipinski definition) is 2. The molecule has 2 aromatic rings. The Balaban J connectivity index is 2.20. The lowest BCUT2D eigenvalue weighted by molar-refractivity contribution is 0.589. The Morgan fingerprint density at radius 2 is 2.00 bits per heavy atom. The van der Waals surface area contributed by atoms with Crippen molar-refractivity contribution >= 4 is 33.7 Å². The molecule has 0 saturated heterocycles. The monoisotopic (exact) mass is 323 g/mol. The molecule has 18 heavy (non-hydrogen) atoms. The molecule has 3 rings (SSSR count). The summed E-state index contributed by atoms with van der Waals surface area (Å²) in [6.07, 6.45) is 5.95. The molecule has 0 fully saturated rings. The highest BCUT2D eigenvalue weighted by Gasteiger charge is 2.18. The highest BCUT2D eigenvalue weighted by molar-refractivity contribution is 9.10. The van der Waals surface area contributed by atoms with E-state index in [1.165, 1.54) is 0 Å². The Morgan fingerprint density at radius 3 is 2.72 bits per heavy atom. The van der Waals surface area contributed by atoms with Crippen LogP contribution < -0.4 is 15.6 Å². The second-order valence-electron chi connectivity index (χ2n) is 4.01. The van der Waals surface area contributed by atoms with E-state index in [0.717, 1.165) is 15.0 Å². The first-order chi connectivity index (χ1) is 8.79. The van der Waals surface area contributed by atoms with E-state index in [1.807, 2.05) is 52.4 Å². The molecule has 1 unspecified atom stereocenters. The molecule has 0 spiro atoms. The molecule has 0 saturated carbocycles. The molecule has 0 N–H and O–H groups in total. The van der Waals surface area contributed by atoms with Crippen LogP contribution in [0, 0.1) is 0 Å². The van der Waals surface area contributed by atoms with Crippen LogP contribution in [0.1, 0.15) is 0 Å². The van der Waals surface area contributed by atoms with E-state index in [1.54, 1.807) is 0 Å². The quantitative estimate of drug-likeness (QED) is 0.772. The smallest absolute Gasteiger partial charge is 0.154 e. The number of alkyl halides is 1. The van der Waals surface area contributed by atoms with E-state index in [0.29, 0.717) is 5.88 Å². The Labute approximate surface area is 118 Å². The van der Waals surface area contributed by atoms with Crippen LogP contribution in [0.3, 0.4) is 0 Å². The van der Waals surface area contributed by atoms with Crippen molar-refractivity contribution in [1.82, 2.24) is 4.68 Å². The first-order valence-electron chi connectivity index (χ1n) is 5.61. The Morgan fingerprint density at radius 1 is 1.22 bits per heavy atom. The molecular formula is C13H11BrClN3. The average molecular weight is 325 g/mol. The van der Waals surface area contributed by atoms with E-state index >= 15 is 0 Å². The molecule has 0 amide bonds. The Hall–Kier alpha value is -1.26. The van der Waals surface area contributed by atoms with Gasteiger partial charge >= 0.3 is 0 Å². The molecule has 1 atom stereocenters. The summed E-state index contributed by atoms with van der Waals surface area (Å²) in [5, 5.41) is 4.08.